The van der Waals surface area contributed by atoms with Crippen LogP contribution in [0, 0.1) is 0 Å². The molecule has 26 heavy (non-hydrogen) atoms. The molecule has 0 aliphatic carbocycles. The van der Waals surface area contributed by atoms with Gasteiger partial charge in [-0.05, 0) is 19.2 Å². The lowest BCUT2D eigenvalue weighted by Gasteiger charge is -2.23. The molecule has 8 heteroatoms. The van der Waals surface area contributed by atoms with Gasteiger partial charge in [-0.25, -0.2) is 0 Å². The molecule has 1 N–H and O–H groups in total. The van der Waals surface area contributed by atoms with Gasteiger partial charge in [-0.15, -0.1) is 0 Å². The Balaban J connectivity index is 1.49. The number of carbonyl (C=O) groups excluding carboxylic acids is 1. The summed E-state index contributed by atoms with van der Waals surface area (Å²) in [6, 6.07) is 5.58. The van der Waals surface area contributed by atoms with Crippen LogP contribution < -0.4 is 0 Å². The van der Waals surface area contributed by atoms with Crippen molar-refractivity contribution in [3.8, 4) is 11.3 Å². The van der Waals surface area contributed by atoms with Gasteiger partial charge >= 0.3 is 0 Å². The highest BCUT2D eigenvalue weighted by Crippen LogP contribution is 2.22. The Kier molecular flexibility index (Phi) is 4.26. The topological polar surface area (TPSA) is 91.2 Å². The van der Waals surface area contributed by atoms with Crippen LogP contribution in [0.4, 0.5) is 0 Å². The summed E-state index contributed by atoms with van der Waals surface area (Å²) in [6.45, 7) is 2.02. The number of rotatable bonds is 4. The average molecular weight is 352 g/mol. The molecule has 0 spiro atoms. The van der Waals surface area contributed by atoms with Crippen LogP contribution in [0.2, 0.25) is 0 Å². The number of nitrogens with zero attached hydrogens (tertiary/aromatic N) is 5. The molecule has 0 radical (unpaired) electrons. The fraction of sp³-hybridized carbons (Fsp3) is 0.333. The summed E-state index contributed by atoms with van der Waals surface area (Å²) in [4.78, 5) is 20.7. The Morgan fingerprint density at radius 3 is 3.15 bits per heavy atom. The fourth-order valence-electron chi connectivity index (χ4n) is 3.13. The largest absolute Gasteiger partial charge is 0.359 e. The Labute approximate surface area is 150 Å². The van der Waals surface area contributed by atoms with Gasteiger partial charge in [-0.1, -0.05) is 5.16 Å². The molecular formula is C18H20N6O2. The van der Waals surface area contributed by atoms with Crippen molar-refractivity contribution < 1.29 is 9.32 Å². The first kappa shape index (κ1) is 16.5. The molecule has 1 aliphatic heterocycles. The van der Waals surface area contributed by atoms with Gasteiger partial charge < -0.3 is 14.3 Å². The molecule has 134 valence electrons. The van der Waals surface area contributed by atoms with E-state index in [0.29, 0.717) is 23.7 Å². The normalized spacial score (nSPS) is 14.2. The highest BCUT2D eigenvalue weighted by molar-refractivity contribution is 5.93. The highest BCUT2D eigenvalue weighted by Gasteiger charge is 2.26. The zero-order chi connectivity index (χ0) is 18.1. The zero-order valence-corrected chi connectivity index (χ0v) is 14.8. The number of likely N-dealkylation sites (N-methyl/N-ethyl adjacent to an activating group) is 1. The molecule has 0 saturated heterocycles. The second kappa shape index (κ2) is 6.72. The summed E-state index contributed by atoms with van der Waals surface area (Å²) < 4.78 is 5.38. The van der Waals surface area contributed by atoms with Crippen LogP contribution in [-0.2, 0) is 19.5 Å². The van der Waals surface area contributed by atoms with Crippen LogP contribution in [0.3, 0.4) is 0 Å². The van der Waals surface area contributed by atoms with Crippen molar-refractivity contribution in [2.24, 2.45) is 0 Å². The standard InChI is InChI=1S/C18H20N6O2/c1-23-7-5-15-14(11-23)17(21-20-15)18(25)24(2)10-13-8-16(22-26-13)12-4-3-6-19-9-12/h3-4,6,8-9H,5,7,10-11H2,1-2H3,(H,20,21). The van der Waals surface area contributed by atoms with Crippen molar-refractivity contribution in [3.05, 3.63) is 53.3 Å². The third kappa shape index (κ3) is 3.11. The van der Waals surface area contributed by atoms with Crippen LogP contribution in [0.15, 0.2) is 35.1 Å². The monoisotopic (exact) mass is 352 g/mol. The van der Waals surface area contributed by atoms with Gasteiger partial charge in [0.15, 0.2) is 11.5 Å². The van der Waals surface area contributed by atoms with Crippen LogP contribution in [0.25, 0.3) is 11.3 Å². The van der Waals surface area contributed by atoms with E-state index in [1.54, 1.807) is 24.3 Å². The first-order valence-electron chi connectivity index (χ1n) is 8.48. The average Bonchev–Trinajstić information content (AvgIpc) is 3.28. The first-order chi connectivity index (χ1) is 12.6. The molecule has 0 saturated carbocycles. The van der Waals surface area contributed by atoms with Gasteiger partial charge in [-0.2, -0.15) is 5.10 Å². The van der Waals surface area contributed by atoms with Crippen molar-refractivity contribution in [2.45, 2.75) is 19.5 Å². The summed E-state index contributed by atoms with van der Waals surface area (Å²) in [5, 5.41) is 11.3. The van der Waals surface area contributed by atoms with E-state index in [1.165, 1.54) is 0 Å². The highest BCUT2D eigenvalue weighted by atomic mass is 16.5. The first-order valence-corrected chi connectivity index (χ1v) is 8.48. The summed E-state index contributed by atoms with van der Waals surface area (Å²) in [7, 11) is 3.78. The van der Waals surface area contributed by atoms with E-state index in [1.807, 2.05) is 25.2 Å². The van der Waals surface area contributed by atoms with Gasteiger partial charge in [0.05, 0.1) is 6.54 Å². The number of hydrogen-bond acceptors (Lipinski definition) is 6. The van der Waals surface area contributed by atoms with E-state index in [0.717, 1.165) is 36.3 Å². The SMILES string of the molecule is CN1CCc2[nH]nc(C(=O)N(C)Cc3cc(-c4cccnc4)no3)c2C1. The van der Waals surface area contributed by atoms with Crippen molar-refractivity contribution in [3.63, 3.8) is 0 Å². The van der Waals surface area contributed by atoms with Crippen molar-refractivity contribution in [1.29, 1.82) is 0 Å². The predicted molar refractivity (Wildman–Crippen MR) is 94.2 cm³/mol. The smallest absolute Gasteiger partial charge is 0.274 e. The third-order valence-corrected chi connectivity index (χ3v) is 4.58. The Morgan fingerprint density at radius 1 is 1.46 bits per heavy atom. The van der Waals surface area contributed by atoms with Gasteiger partial charge in [0.2, 0.25) is 0 Å². The molecule has 0 atom stereocenters. The Morgan fingerprint density at radius 2 is 2.35 bits per heavy atom. The molecule has 0 aromatic carbocycles. The number of fused-ring (bicyclic) bond motifs is 1. The number of pyridine rings is 1. The van der Waals surface area contributed by atoms with E-state index in [9.17, 15) is 4.79 Å². The maximum absolute atomic E-state index is 12.8. The molecule has 3 aromatic rings. The van der Waals surface area contributed by atoms with Crippen molar-refractivity contribution in [2.75, 3.05) is 20.6 Å². The van der Waals surface area contributed by atoms with E-state index >= 15 is 0 Å². The number of aromatic amines is 1. The van der Waals surface area contributed by atoms with E-state index in [-0.39, 0.29) is 5.91 Å². The summed E-state index contributed by atoms with van der Waals surface area (Å²) in [5.74, 6) is 0.485. The minimum atomic E-state index is -0.128. The summed E-state index contributed by atoms with van der Waals surface area (Å²) in [5.41, 5.74) is 4.11. The van der Waals surface area contributed by atoms with E-state index in [2.05, 4.69) is 25.2 Å². The predicted octanol–water partition coefficient (Wildman–Crippen LogP) is 1.72. The van der Waals surface area contributed by atoms with E-state index < -0.39 is 0 Å². The molecule has 0 bridgehead atoms. The molecule has 1 aliphatic rings. The second-order valence-corrected chi connectivity index (χ2v) is 6.60. The third-order valence-electron chi connectivity index (χ3n) is 4.58. The molecule has 3 aromatic heterocycles. The van der Waals surface area contributed by atoms with Crippen LogP contribution in [-0.4, -0.2) is 56.7 Å². The van der Waals surface area contributed by atoms with Crippen LogP contribution in [0.1, 0.15) is 27.5 Å². The number of hydrogen-bond donors (Lipinski definition) is 1. The minimum Gasteiger partial charge on any atom is -0.359 e. The van der Waals surface area contributed by atoms with Gasteiger partial charge in [0, 0.05) is 61.8 Å². The van der Waals surface area contributed by atoms with Crippen molar-refractivity contribution >= 4 is 5.91 Å². The lowest BCUT2D eigenvalue weighted by Crippen LogP contribution is -2.30. The fourth-order valence-corrected chi connectivity index (χ4v) is 3.13. The Bertz CT molecular complexity index is 917. The molecular weight excluding hydrogens is 332 g/mol. The second-order valence-electron chi connectivity index (χ2n) is 6.60. The molecule has 0 unspecified atom stereocenters. The molecule has 8 nitrogen and oxygen atoms in total. The number of aromatic nitrogens is 4. The van der Waals surface area contributed by atoms with Gasteiger partial charge in [-0.3, -0.25) is 14.9 Å². The quantitative estimate of drug-likeness (QED) is 0.769. The van der Waals surface area contributed by atoms with Crippen LogP contribution in [0.5, 0.6) is 0 Å². The maximum Gasteiger partial charge on any atom is 0.274 e. The molecule has 0 fully saturated rings. The molecule has 4 rings (SSSR count). The minimum absolute atomic E-state index is 0.128. The lowest BCUT2D eigenvalue weighted by molar-refractivity contribution is 0.0764. The van der Waals surface area contributed by atoms with Gasteiger partial charge in [0.1, 0.15) is 5.69 Å². The van der Waals surface area contributed by atoms with Gasteiger partial charge in [0.25, 0.3) is 5.91 Å². The molecule has 4 heterocycles. The van der Waals surface area contributed by atoms with E-state index in [4.69, 9.17) is 4.52 Å². The Hall–Kier alpha value is -3.00. The number of carbonyl (C=O) groups is 1. The van der Waals surface area contributed by atoms with Crippen LogP contribution >= 0.6 is 0 Å². The summed E-state index contributed by atoms with van der Waals surface area (Å²) in [6.07, 6.45) is 4.31. The lowest BCUT2D eigenvalue weighted by atomic mass is 10.1. The summed E-state index contributed by atoms with van der Waals surface area (Å²) >= 11 is 0. The maximum atomic E-state index is 12.8. The number of amides is 1. The van der Waals surface area contributed by atoms with Crippen molar-refractivity contribution in [1.82, 2.24) is 30.1 Å². The number of nitrogens with one attached hydrogen (secondary N) is 1. The zero-order valence-electron chi connectivity index (χ0n) is 14.8. The number of H-pyrrole nitrogens is 1. The molecule has 1 amide bonds.